The van der Waals surface area contributed by atoms with Gasteiger partial charge < -0.3 is 14.5 Å². The van der Waals surface area contributed by atoms with E-state index < -0.39 is 0 Å². The number of aromatic amines is 1. The summed E-state index contributed by atoms with van der Waals surface area (Å²) in [6, 6.07) is 6.18. The fraction of sp³-hybridized carbons (Fsp3) is 0.292. The first kappa shape index (κ1) is 17.1. The number of nitrogens with zero attached hydrogens (tertiary/aromatic N) is 1. The Bertz CT molecular complexity index is 997. The monoisotopic (exact) mass is 372 g/mol. The summed E-state index contributed by atoms with van der Waals surface area (Å²) >= 11 is 0. The molecule has 142 valence electrons. The maximum Gasteiger partial charge on any atom is 0.171 e. The third-order valence-corrected chi connectivity index (χ3v) is 5.65. The maximum absolute atomic E-state index is 6.34. The Balaban J connectivity index is 1.50. The van der Waals surface area contributed by atoms with Gasteiger partial charge in [-0.05, 0) is 55.4 Å². The molecule has 1 saturated carbocycles. The SMILES string of the molecule is C1=CCCC(C2=COC=C(C(=CC3CCCC3)c3cc4cccnc4[nH]3)O2)=C1. The highest BCUT2D eigenvalue weighted by Gasteiger charge is 2.23. The molecule has 3 heterocycles. The second-order valence-corrected chi connectivity index (χ2v) is 7.61. The number of rotatable bonds is 4. The molecule has 3 aliphatic rings. The summed E-state index contributed by atoms with van der Waals surface area (Å²) < 4.78 is 12.0. The normalized spacial score (nSPS) is 20.4. The number of hydrogen-bond donors (Lipinski definition) is 1. The summed E-state index contributed by atoms with van der Waals surface area (Å²) in [5.41, 5.74) is 4.14. The smallest absolute Gasteiger partial charge is 0.171 e. The fourth-order valence-electron chi connectivity index (χ4n) is 4.16. The topological polar surface area (TPSA) is 47.1 Å². The molecule has 1 N–H and O–H groups in total. The van der Waals surface area contributed by atoms with Crippen LogP contribution in [0.3, 0.4) is 0 Å². The van der Waals surface area contributed by atoms with Crippen LogP contribution in [0.2, 0.25) is 0 Å². The van der Waals surface area contributed by atoms with Crippen molar-refractivity contribution in [3.8, 4) is 0 Å². The average Bonchev–Trinajstić information content (AvgIpc) is 3.42. The van der Waals surface area contributed by atoms with Gasteiger partial charge in [-0.15, -0.1) is 0 Å². The Morgan fingerprint density at radius 2 is 2.14 bits per heavy atom. The van der Waals surface area contributed by atoms with E-state index in [0.717, 1.165) is 46.7 Å². The number of fused-ring (bicyclic) bond motifs is 1. The third-order valence-electron chi connectivity index (χ3n) is 5.65. The zero-order valence-corrected chi connectivity index (χ0v) is 15.9. The Kier molecular flexibility index (Phi) is 4.61. The number of H-pyrrole nitrogens is 1. The van der Waals surface area contributed by atoms with Crippen LogP contribution in [0.1, 0.15) is 44.2 Å². The molecule has 0 atom stereocenters. The quantitative estimate of drug-likeness (QED) is 0.701. The first-order valence-electron chi connectivity index (χ1n) is 10.1. The number of pyridine rings is 1. The van der Waals surface area contributed by atoms with Crippen molar-refractivity contribution in [3.63, 3.8) is 0 Å². The van der Waals surface area contributed by atoms with Crippen molar-refractivity contribution in [1.29, 1.82) is 0 Å². The van der Waals surface area contributed by atoms with Crippen LogP contribution in [0.5, 0.6) is 0 Å². The van der Waals surface area contributed by atoms with Crippen LogP contribution in [0.4, 0.5) is 0 Å². The summed E-state index contributed by atoms with van der Waals surface area (Å²) in [5.74, 6) is 2.13. The zero-order valence-electron chi connectivity index (χ0n) is 15.9. The highest BCUT2D eigenvalue weighted by Crippen LogP contribution is 2.36. The molecule has 5 rings (SSSR count). The Hall–Kier alpha value is -3.01. The van der Waals surface area contributed by atoms with Crippen molar-refractivity contribution in [2.45, 2.75) is 38.5 Å². The van der Waals surface area contributed by atoms with Gasteiger partial charge in [-0.1, -0.05) is 37.1 Å². The Labute approximate surface area is 165 Å². The van der Waals surface area contributed by atoms with Gasteiger partial charge in [-0.2, -0.15) is 0 Å². The second-order valence-electron chi connectivity index (χ2n) is 7.61. The molecule has 0 unspecified atom stereocenters. The van der Waals surface area contributed by atoms with Crippen LogP contribution >= 0.6 is 0 Å². The van der Waals surface area contributed by atoms with E-state index in [9.17, 15) is 0 Å². The first-order valence-corrected chi connectivity index (χ1v) is 10.1. The van der Waals surface area contributed by atoms with Gasteiger partial charge in [-0.25, -0.2) is 4.98 Å². The van der Waals surface area contributed by atoms with Crippen molar-refractivity contribution >= 4 is 16.6 Å². The number of nitrogens with one attached hydrogen (secondary N) is 1. The van der Waals surface area contributed by atoms with E-state index in [4.69, 9.17) is 9.47 Å². The Morgan fingerprint density at radius 3 is 2.96 bits per heavy atom. The number of hydrogen-bond acceptors (Lipinski definition) is 3. The van der Waals surface area contributed by atoms with Crippen LogP contribution in [-0.4, -0.2) is 9.97 Å². The molecule has 2 aromatic rings. The van der Waals surface area contributed by atoms with Gasteiger partial charge in [0, 0.05) is 17.2 Å². The molecule has 1 aliphatic heterocycles. The molecule has 1 fully saturated rings. The first-order chi connectivity index (χ1) is 13.9. The summed E-state index contributed by atoms with van der Waals surface area (Å²) in [7, 11) is 0. The number of ether oxygens (including phenoxy) is 2. The molecule has 0 radical (unpaired) electrons. The van der Waals surface area contributed by atoms with E-state index in [2.05, 4.69) is 46.4 Å². The maximum atomic E-state index is 6.34. The van der Waals surface area contributed by atoms with Crippen LogP contribution in [0.25, 0.3) is 16.6 Å². The third kappa shape index (κ3) is 3.42. The molecular formula is C24H24N2O2. The van der Waals surface area contributed by atoms with E-state index in [1.54, 1.807) is 12.5 Å². The molecule has 0 bridgehead atoms. The highest BCUT2D eigenvalue weighted by molar-refractivity contribution is 5.85. The van der Waals surface area contributed by atoms with Crippen molar-refractivity contribution in [2.24, 2.45) is 5.92 Å². The van der Waals surface area contributed by atoms with Crippen molar-refractivity contribution in [2.75, 3.05) is 0 Å². The van der Waals surface area contributed by atoms with Crippen LogP contribution in [0.15, 0.2) is 78.3 Å². The summed E-state index contributed by atoms with van der Waals surface area (Å²) in [4.78, 5) is 7.91. The second kappa shape index (κ2) is 7.55. The summed E-state index contributed by atoms with van der Waals surface area (Å²) in [6.45, 7) is 0. The predicted octanol–water partition coefficient (Wildman–Crippen LogP) is 6.14. The largest absolute Gasteiger partial charge is 0.465 e. The molecular weight excluding hydrogens is 348 g/mol. The van der Waals surface area contributed by atoms with E-state index in [0.29, 0.717) is 5.92 Å². The van der Waals surface area contributed by atoms with Gasteiger partial charge in [0.1, 0.15) is 18.2 Å². The molecule has 2 aliphatic carbocycles. The van der Waals surface area contributed by atoms with Crippen LogP contribution in [-0.2, 0) is 9.47 Å². The van der Waals surface area contributed by atoms with Crippen molar-refractivity contribution in [3.05, 3.63) is 84.0 Å². The number of allylic oxidation sites excluding steroid dienone is 6. The summed E-state index contributed by atoms with van der Waals surface area (Å²) in [6.07, 6.45) is 21.0. The lowest BCUT2D eigenvalue weighted by molar-refractivity contribution is 0.242. The van der Waals surface area contributed by atoms with Gasteiger partial charge in [0.25, 0.3) is 0 Å². The van der Waals surface area contributed by atoms with Gasteiger partial charge in [-0.3, -0.25) is 0 Å². The van der Waals surface area contributed by atoms with E-state index in [1.807, 2.05) is 12.3 Å². The molecule has 0 spiro atoms. The minimum atomic E-state index is 0.574. The van der Waals surface area contributed by atoms with E-state index >= 15 is 0 Å². The molecule has 2 aromatic heterocycles. The van der Waals surface area contributed by atoms with E-state index in [1.165, 1.54) is 31.3 Å². The van der Waals surface area contributed by atoms with Crippen LogP contribution in [0, 0.1) is 5.92 Å². The predicted molar refractivity (Wildman–Crippen MR) is 111 cm³/mol. The lowest BCUT2D eigenvalue weighted by Gasteiger charge is -2.21. The van der Waals surface area contributed by atoms with Crippen molar-refractivity contribution < 1.29 is 9.47 Å². The molecule has 4 nitrogen and oxygen atoms in total. The molecule has 0 saturated heterocycles. The van der Waals surface area contributed by atoms with Crippen molar-refractivity contribution in [1.82, 2.24) is 9.97 Å². The summed E-state index contributed by atoms with van der Waals surface area (Å²) in [5, 5.41) is 1.10. The fourth-order valence-corrected chi connectivity index (χ4v) is 4.16. The van der Waals surface area contributed by atoms with Gasteiger partial charge in [0.2, 0.25) is 0 Å². The van der Waals surface area contributed by atoms with Gasteiger partial charge in [0.05, 0.1) is 5.69 Å². The molecule has 28 heavy (non-hydrogen) atoms. The van der Waals surface area contributed by atoms with Crippen LogP contribution < -0.4 is 0 Å². The van der Waals surface area contributed by atoms with Gasteiger partial charge >= 0.3 is 0 Å². The van der Waals surface area contributed by atoms with Gasteiger partial charge in [0.15, 0.2) is 11.5 Å². The van der Waals surface area contributed by atoms with E-state index in [-0.39, 0.29) is 0 Å². The molecule has 0 aromatic carbocycles. The molecule has 4 heteroatoms. The Morgan fingerprint density at radius 1 is 1.21 bits per heavy atom. The lowest BCUT2D eigenvalue weighted by Crippen LogP contribution is -2.06. The highest BCUT2D eigenvalue weighted by atomic mass is 16.5. The minimum absolute atomic E-state index is 0.574. The zero-order chi connectivity index (χ0) is 18.8. The molecule has 0 amide bonds. The number of aromatic nitrogens is 2. The lowest BCUT2D eigenvalue weighted by atomic mass is 10.00. The minimum Gasteiger partial charge on any atom is -0.465 e. The average molecular weight is 372 g/mol. The standard InChI is InChI=1S/C24H24N2O2/c1-2-9-18(10-3-1)22-15-27-16-23(28-22)20(13-17-7-4-5-8-17)21-14-19-11-6-12-25-24(19)26-21/h1-2,6,9,11-17H,3-5,7-8,10H2,(H,25,26).